The number of thiophene rings is 1. The third kappa shape index (κ3) is 3.43. The Kier molecular flexibility index (Phi) is 3.81. The van der Waals surface area contributed by atoms with Crippen molar-refractivity contribution < 1.29 is 9.59 Å². The van der Waals surface area contributed by atoms with E-state index in [1.165, 1.54) is 17.4 Å². The van der Waals surface area contributed by atoms with E-state index in [1.807, 2.05) is 13.8 Å². The van der Waals surface area contributed by atoms with Gasteiger partial charge in [0.05, 0.1) is 5.56 Å². The fourth-order valence-electron chi connectivity index (χ4n) is 1.49. The zero-order valence-corrected chi connectivity index (χ0v) is 11.3. The molecule has 0 saturated heterocycles. The molecule has 2 amide bonds. The normalized spacial score (nSPS) is 13.9. The Labute approximate surface area is 110 Å². The van der Waals surface area contributed by atoms with E-state index in [9.17, 15) is 9.59 Å². The van der Waals surface area contributed by atoms with Gasteiger partial charge in [-0.15, -0.1) is 11.3 Å². The molecule has 1 saturated carbocycles. The molecule has 1 aromatic heterocycles. The Balaban J connectivity index is 2.04. The first-order valence-electron chi connectivity index (χ1n) is 5.90. The van der Waals surface area contributed by atoms with Crippen LogP contribution in [-0.2, 0) is 4.79 Å². The first-order chi connectivity index (χ1) is 8.56. The summed E-state index contributed by atoms with van der Waals surface area (Å²) < 4.78 is 0. The molecule has 2 rings (SSSR count). The monoisotopic (exact) mass is 264 g/mol. The van der Waals surface area contributed by atoms with E-state index in [4.69, 9.17) is 0 Å². The fourth-order valence-corrected chi connectivity index (χ4v) is 2.27. The van der Waals surface area contributed by atoms with Crippen LogP contribution in [0.25, 0.3) is 0 Å². The molecule has 1 aliphatic carbocycles. The van der Waals surface area contributed by atoms with Gasteiger partial charge in [-0.05, 0) is 38.1 Å². The molecule has 18 heavy (non-hydrogen) atoms. The number of anilines is 1. The van der Waals surface area contributed by atoms with Crippen molar-refractivity contribution in [3.8, 4) is 0 Å². The van der Waals surface area contributed by atoms with E-state index in [0.717, 1.165) is 18.4 Å². The first-order valence-corrected chi connectivity index (χ1v) is 6.78. The molecule has 96 valence electrons. The fraction of sp³-hybridized carbons (Fsp3) is 0.385. The molecular formula is C13H16N2O2S. The number of amides is 2. The van der Waals surface area contributed by atoms with Gasteiger partial charge in [-0.25, -0.2) is 0 Å². The van der Waals surface area contributed by atoms with Gasteiger partial charge >= 0.3 is 0 Å². The number of hydrogen-bond acceptors (Lipinski definition) is 3. The van der Waals surface area contributed by atoms with E-state index < -0.39 is 0 Å². The second-order valence-electron chi connectivity index (χ2n) is 4.62. The topological polar surface area (TPSA) is 58.2 Å². The Morgan fingerprint density at radius 3 is 2.72 bits per heavy atom. The van der Waals surface area contributed by atoms with Gasteiger partial charge in [0.25, 0.3) is 5.91 Å². The van der Waals surface area contributed by atoms with E-state index >= 15 is 0 Å². The minimum Gasteiger partial charge on any atom is -0.349 e. The number of carbonyl (C=O) groups excluding carboxylic acids is 2. The summed E-state index contributed by atoms with van der Waals surface area (Å²) in [7, 11) is 0. The maximum absolute atomic E-state index is 11.9. The molecule has 1 aromatic rings. The average molecular weight is 264 g/mol. The van der Waals surface area contributed by atoms with Crippen LogP contribution in [0.15, 0.2) is 23.1 Å². The molecule has 1 aliphatic rings. The minimum atomic E-state index is -0.196. The van der Waals surface area contributed by atoms with E-state index in [-0.39, 0.29) is 11.8 Å². The summed E-state index contributed by atoms with van der Waals surface area (Å²) in [6.07, 6.45) is 3.62. The number of hydrogen-bond donors (Lipinski definition) is 2. The molecule has 0 atom stereocenters. The summed E-state index contributed by atoms with van der Waals surface area (Å²) in [5.41, 5.74) is 1.47. The molecule has 2 N–H and O–H groups in total. The van der Waals surface area contributed by atoms with Crippen molar-refractivity contribution in [3.63, 3.8) is 0 Å². The third-order valence-electron chi connectivity index (χ3n) is 2.48. The molecule has 0 bridgehead atoms. The maximum atomic E-state index is 11.9. The van der Waals surface area contributed by atoms with Crippen molar-refractivity contribution in [2.75, 3.05) is 5.32 Å². The van der Waals surface area contributed by atoms with Gasteiger partial charge in [0.1, 0.15) is 5.00 Å². The summed E-state index contributed by atoms with van der Waals surface area (Å²) >= 11 is 1.36. The molecule has 0 aromatic carbocycles. The second kappa shape index (κ2) is 5.35. The lowest BCUT2D eigenvalue weighted by Crippen LogP contribution is -2.26. The third-order valence-corrected chi connectivity index (χ3v) is 3.31. The predicted molar refractivity (Wildman–Crippen MR) is 72.9 cm³/mol. The van der Waals surface area contributed by atoms with Gasteiger partial charge in [-0.3, -0.25) is 9.59 Å². The van der Waals surface area contributed by atoms with Gasteiger partial charge in [-0.2, -0.15) is 0 Å². The first kappa shape index (κ1) is 12.8. The molecule has 1 heterocycles. The van der Waals surface area contributed by atoms with Crippen LogP contribution < -0.4 is 10.6 Å². The summed E-state index contributed by atoms with van der Waals surface area (Å²) in [5.74, 6) is -0.302. The molecule has 4 nitrogen and oxygen atoms in total. The quantitative estimate of drug-likeness (QED) is 0.821. The lowest BCUT2D eigenvalue weighted by Gasteiger charge is -2.05. The molecule has 0 unspecified atom stereocenters. The average Bonchev–Trinajstić information content (AvgIpc) is 2.94. The van der Waals surface area contributed by atoms with Crippen molar-refractivity contribution in [2.24, 2.45) is 0 Å². The smallest absolute Gasteiger partial charge is 0.254 e. The van der Waals surface area contributed by atoms with Crippen molar-refractivity contribution in [1.82, 2.24) is 5.32 Å². The minimum absolute atomic E-state index is 0.105. The van der Waals surface area contributed by atoms with E-state index in [2.05, 4.69) is 10.6 Å². The molecule has 0 aliphatic heterocycles. The summed E-state index contributed by atoms with van der Waals surface area (Å²) in [5, 5.41) is 8.06. The zero-order valence-electron chi connectivity index (χ0n) is 10.4. The SMILES string of the molecule is CC(C)=CC(=O)Nc1sccc1C(=O)NC1CC1. The van der Waals surface area contributed by atoms with Crippen LogP contribution in [0, 0.1) is 0 Å². The Morgan fingerprint density at radius 2 is 2.11 bits per heavy atom. The van der Waals surface area contributed by atoms with Crippen LogP contribution in [0.4, 0.5) is 5.00 Å². The Bertz CT molecular complexity index is 497. The van der Waals surface area contributed by atoms with E-state index in [1.54, 1.807) is 11.4 Å². The summed E-state index contributed by atoms with van der Waals surface area (Å²) in [4.78, 5) is 23.5. The predicted octanol–water partition coefficient (Wildman–Crippen LogP) is 2.55. The van der Waals surface area contributed by atoms with Crippen molar-refractivity contribution in [1.29, 1.82) is 0 Å². The molecular weight excluding hydrogens is 248 g/mol. The highest BCUT2D eigenvalue weighted by atomic mass is 32.1. The molecule has 5 heteroatoms. The molecule has 1 fully saturated rings. The Hall–Kier alpha value is -1.62. The number of rotatable bonds is 4. The lowest BCUT2D eigenvalue weighted by molar-refractivity contribution is -0.111. The van der Waals surface area contributed by atoms with Crippen LogP contribution in [0.2, 0.25) is 0 Å². The molecule has 0 radical (unpaired) electrons. The molecule has 0 spiro atoms. The highest BCUT2D eigenvalue weighted by Gasteiger charge is 2.25. The number of allylic oxidation sites excluding steroid dienone is 1. The number of carbonyl (C=O) groups is 2. The van der Waals surface area contributed by atoms with E-state index in [0.29, 0.717) is 16.6 Å². The van der Waals surface area contributed by atoms with Crippen LogP contribution in [0.1, 0.15) is 37.0 Å². The van der Waals surface area contributed by atoms with Gasteiger partial charge < -0.3 is 10.6 Å². The zero-order chi connectivity index (χ0) is 13.1. The van der Waals surface area contributed by atoms with Crippen molar-refractivity contribution >= 4 is 28.2 Å². The van der Waals surface area contributed by atoms with Gasteiger partial charge in [-0.1, -0.05) is 5.57 Å². The van der Waals surface area contributed by atoms with Gasteiger partial charge in [0.15, 0.2) is 0 Å². The van der Waals surface area contributed by atoms with Gasteiger partial charge in [0, 0.05) is 12.1 Å². The standard InChI is InChI=1S/C13H16N2O2S/c1-8(2)7-11(16)15-13-10(5-6-18-13)12(17)14-9-3-4-9/h5-7,9H,3-4H2,1-2H3,(H,14,17)(H,15,16). The number of nitrogens with one attached hydrogen (secondary N) is 2. The van der Waals surface area contributed by atoms with Crippen LogP contribution in [0.3, 0.4) is 0 Å². The summed E-state index contributed by atoms with van der Waals surface area (Å²) in [6.45, 7) is 3.71. The van der Waals surface area contributed by atoms with Gasteiger partial charge in [0.2, 0.25) is 5.91 Å². The summed E-state index contributed by atoms with van der Waals surface area (Å²) in [6, 6.07) is 2.05. The highest BCUT2D eigenvalue weighted by Crippen LogP contribution is 2.25. The lowest BCUT2D eigenvalue weighted by atomic mass is 10.3. The van der Waals surface area contributed by atoms with Crippen LogP contribution >= 0.6 is 11.3 Å². The highest BCUT2D eigenvalue weighted by molar-refractivity contribution is 7.14. The van der Waals surface area contributed by atoms with Crippen molar-refractivity contribution in [2.45, 2.75) is 32.7 Å². The van der Waals surface area contributed by atoms with Crippen molar-refractivity contribution in [3.05, 3.63) is 28.7 Å². The Morgan fingerprint density at radius 1 is 1.39 bits per heavy atom. The largest absolute Gasteiger partial charge is 0.349 e. The maximum Gasteiger partial charge on any atom is 0.254 e. The van der Waals surface area contributed by atoms with Crippen LogP contribution in [0.5, 0.6) is 0 Å². The second-order valence-corrected chi connectivity index (χ2v) is 5.54. The van der Waals surface area contributed by atoms with Crippen LogP contribution in [-0.4, -0.2) is 17.9 Å².